The lowest BCUT2D eigenvalue weighted by atomic mass is 10.2. The Morgan fingerprint density at radius 2 is 2.04 bits per heavy atom. The molecule has 0 aliphatic carbocycles. The molecule has 2 heterocycles. The van der Waals surface area contributed by atoms with Gasteiger partial charge in [0.05, 0.1) is 11.9 Å². The first kappa shape index (κ1) is 18.5. The Morgan fingerprint density at radius 1 is 1.23 bits per heavy atom. The predicted molar refractivity (Wildman–Crippen MR) is 101 cm³/mol. The second-order valence-corrected chi connectivity index (χ2v) is 9.16. The predicted octanol–water partition coefficient (Wildman–Crippen LogP) is 3.73. The maximum absolute atomic E-state index is 12.6. The minimum absolute atomic E-state index is 0.0606. The quantitative estimate of drug-likeness (QED) is 0.696. The Labute approximate surface area is 159 Å². The molecule has 26 heavy (non-hydrogen) atoms. The molecule has 0 saturated heterocycles. The number of amides is 1. The smallest absolute Gasteiger partial charge is 0.276 e. The standard InChI is InChI=1S/C17H14ClN3O3S2/c1-11-5-6-12(13(18)8-11)10-26(23,24)15-9-20-17(25-15)21-16(22)14-4-2-3-7-19-14/h2-9H,10H2,1H3,(H,20,21,22). The molecule has 0 unspecified atom stereocenters. The normalized spacial score (nSPS) is 11.3. The van der Waals surface area contributed by atoms with Gasteiger partial charge in [0.25, 0.3) is 5.91 Å². The minimum atomic E-state index is -3.62. The molecule has 134 valence electrons. The summed E-state index contributed by atoms with van der Waals surface area (Å²) in [5, 5.41) is 3.14. The van der Waals surface area contributed by atoms with Crippen LogP contribution in [0.25, 0.3) is 0 Å². The third kappa shape index (κ3) is 4.27. The Hall–Kier alpha value is -2.29. The van der Waals surface area contributed by atoms with Crippen molar-refractivity contribution in [3.05, 3.63) is 70.6 Å². The van der Waals surface area contributed by atoms with Crippen LogP contribution in [0.3, 0.4) is 0 Å². The number of aryl methyl sites for hydroxylation is 1. The number of hydrogen-bond acceptors (Lipinski definition) is 6. The molecule has 1 aromatic carbocycles. The Bertz CT molecular complexity index is 1050. The van der Waals surface area contributed by atoms with Crippen LogP contribution in [0, 0.1) is 6.92 Å². The molecule has 3 rings (SSSR count). The van der Waals surface area contributed by atoms with Crippen LogP contribution in [0.2, 0.25) is 5.02 Å². The summed E-state index contributed by atoms with van der Waals surface area (Å²) in [4.78, 5) is 20.0. The van der Waals surface area contributed by atoms with Crippen molar-refractivity contribution in [3.8, 4) is 0 Å². The first-order chi connectivity index (χ1) is 12.3. The number of aromatic nitrogens is 2. The second kappa shape index (κ2) is 7.53. The van der Waals surface area contributed by atoms with Gasteiger partial charge in [0, 0.05) is 11.2 Å². The van der Waals surface area contributed by atoms with Gasteiger partial charge in [-0.3, -0.25) is 15.1 Å². The maximum atomic E-state index is 12.6. The number of thiazole rings is 1. The first-order valence-electron chi connectivity index (χ1n) is 7.51. The third-order valence-electron chi connectivity index (χ3n) is 3.46. The molecule has 0 saturated carbocycles. The fourth-order valence-electron chi connectivity index (χ4n) is 2.16. The van der Waals surface area contributed by atoms with E-state index in [2.05, 4.69) is 15.3 Å². The topological polar surface area (TPSA) is 89.0 Å². The summed E-state index contributed by atoms with van der Waals surface area (Å²) in [5.74, 6) is -0.687. The van der Waals surface area contributed by atoms with Crippen LogP contribution >= 0.6 is 22.9 Å². The largest absolute Gasteiger partial charge is 0.296 e. The number of anilines is 1. The van der Waals surface area contributed by atoms with Crippen molar-refractivity contribution < 1.29 is 13.2 Å². The molecule has 0 radical (unpaired) electrons. The van der Waals surface area contributed by atoms with E-state index in [9.17, 15) is 13.2 Å². The summed E-state index contributed by atoms with van der Waals surface area (Å²) >= 11 is 7.01. The van der Waals surface area contributed by atoms with E-state index in [4.69, 9.17) is 11.6 Å². The number of nitrogens with one attached hydrogen (secondary N) is 1. The highest BCUT2D eigenvalue weighted by Crippen LogP contribution is 2.28. The van der Waals surface area contributed by atoms with Crippen LogP contribution in [-0.4, -0.2) is 24.3 Å². The van der Waals surface area contributed by atoms with Crippen molar-refractivity contribution in [2.24, 2.45) is 0 Å². The van der Waals surface area contributed by atoms with Crippen molar-refractivity contribution in [2.75, 3.05) is 5.32 Å². The van der Waals surface area contributed by atoms with Gasteiger partial charge in [-0.15, -0.1) is 0 Å². The second-order valence-electron chi connectivity index (χ2n) is 5.51. The summed E-state index contributed by atoms with van der Waals surface area (Å²) in [5.41, 5.74) is 1.69. The van der Waals surface area contributed by atoms with Crippen LogP contribution < -0.4 is 5.32 Å². The van der Waals surface area contributed by atoms with Gasteiger partial charge in [-0.2, -0.15) is 0 Å². The molecule has 0 aliphatic heterocycles. The summed E-state index contributed by atoms with van der Waals surface area (Å²) in [6.45, 7) is 1.88. The Morgan fingerprint density at radius 3 is 2.73 bits per heavy atom. The highest BCUT2D eigenvalue weighted by Gasteiger charge is 2.21. The maximum Gasteiger partial charge on any atom is 0.276 e. The van der Waals surface area contributed by atoms with Crippen molar-refractivity contribution in [1.29, 1.82) is 0 Å². The van der Waals surface area contributed by atoms with Gasteiger partial charge in [0.15, 0.2) is 15.0 Å². The van der Waals surface area contributed by atoms with Crippen molar-refractivity contribution in [2.45, 2.75) is 16.9 Å². The molecule has 1 amide bonds. The van der Waals surface area contributed by atoms with E-state index >= 15 is 0 Å². The molecule has 0 bridgehead atoms. The van der Waals surface area contributed by atoms with Crippen LogP contribution in [0.4, 0.5) is 5.13 Å². The molecule has 0 fully saturated rings. The number of carbonyl (C=O) groups is 1. The molecule has 2 aromatic heterocycles. The average Bonchev–Trinajstić information content (AvgIpc) is 3.08. The Kier molecular flexibility index (Phi) is 5.36. The van der Waals surface area contributed by atoms with E-state index < -0.39 is 15.7 Å². The summed E-state index contributed by atoms with van der Waals surface area (Å²) in [6, 6.07) is 10.2. The van der Waals surface area contributed by atoms with Gasteiger partial charge >= 0.3 is 0 Å². The minimum Gasteiger partial charge on any atom is -0.296 e. The van der Waals surface area contributed by atoms with E-state index in [0.29, 0.717) is 10.6 Å². The number of rotatable bonds is 5. The molecule has 3 aromatic rings. The van der Waals surface area contributed by atoms with Gasteiger partial charge in [0.1, 0.15) is 9.90 Å². The third-order valence-corrected chi connectivity index (χ3v) is 6.94. The highest BCUT2D eigenvalue weighted by atomic mass is 35.5. The van der Waals surface area contributed by atoms with Crippen LogP contribution in [0.1, 0.15) is 21.6 Å². The van der Waals surface area contributed by atoms with E-state index in [1.165, 1.54) is 12.4 Å². The lowest BCUT2D eigenvalue weighted by molar-refractivity contribution is 0.102. The van der Waals surface area contributed by atoms with Gasteiger partial charge < -0.3 is 0 Å². The number of halogens is 1. The molecular formula is C17H14ClN3O3S2. The molecule has 1 N–H and O–H groups in total. The van der Waals surface area contributed by atoms with Crippen molar-refractivity contribution >= 4 is 43.8 Å². The lowest BCUT2D eigenvalue weighted by Gasteiger charge is -2.05. The zero-order chi connectivity index (χ0) is 18.7. The molecule has 9 heteroatoms. The molecule has 0 atom stereocenters. The zero-order valence-electron chi connectivity index (χ0n) is 13.6. The van der Waals surface area contributed by atoms with E-state index in [1.807, 2.05) is 13.0 Å². The zero-order valence-corrected chi connectivity index (χ0v) is 16.0. The van der Waals surface area contributed by atoms with E-state index in [-0.39, 0.29) is 20.8 Å². The van der Waals surface area contributed by atoms with Gasteiger partial charge in [-0.05, 0) is 36.2 Å². The number of sulfone groups is 1. The van der Waals surface area contributed by atoms with Crippen LogP contribution in [0.5, 0.6) is 0 Å². The molecule has 0 aliphatic rings. The number of carbonyl (C=O) groups excluding carboxylic acids is 1. The van der Waals surface area contributed by atoms with E-state index in [1.54, 1.807) is 30.3 Å². The van der Waals surface area contributed by atoms with Crippen LogP contribution in [-0.2, 0) is 15.6 Å². The number of hydrogen-bond donors (Lipinski definition) is 1. The van der Waals surface area contributed by atoms with Gasteiger partial charge in [-0.1, -0.05) is 41.1 Å². The molecular weight excluding hydrogens is 394 g/mol. The summed E-state index contributed by atoms with van der Waals surface area (Å²) < 4.78 is 25.2. The SMILES string of the molecule is Cc1ccc(CS(=O)(=O)c2cnc(NC(=O)c3ccccn3)s2)c(Cl)c1. The molecule has 0 spiro atoms. The summed E-state index contributed by atoms with van der Waals surface area (Å²) in [6.07, 6.45) is 2.73. The highest BCUT2D eigenvalue weighted by molar-refractivity contribution is 7.92. The number of nitrogens with zero attached hydrogens (tertiary/aromatic N) is 2. The van der Waals surface area contributed by atoms with Crippen molar-refractivity contribution in [1.82, 2.24) is 9.97 Å². The molecule has 6 nitrogen and oxygen atoms in total. The number of pyridine rings is 1. The fraction of sp³-hybridized carbons (Fsp3) is 0.118. The first-order valence-corrected chi connectivity index (χ1v) is 10.4. The fourth-order valence-corrected chi connectivity index (χ4v) is 5.03. The monoisotopic (exact) mass is 407 g/mol. The average molecular weight is 408 g/mol. The number of benzene rings is 1. The van der Waals surface area contributed by atoms with E-state index in [0.717, 1.165) is 16.9 Å². The Balaban J connectivity index is 1.77. The van der Waals surface area contributed by atoms with Gasteiger partial charge in [-0.25, -0.2) is 13.4 Å². The summed E-state index contributed by atoms with van der Waals surface area (Å²) in [7, 11) is -3.62. The lowest BCUT2D eigenvalue weighted by Crippen LogP contribution is -2.12. The van der Waals surface area contributed by atoms with Crippen molar-refractivity contribution in [3.63, 3.8) is 0 Å². The van der Waals surface area contributed by atoms with Crippen LogP contribution in [0.15, 0.2) is 53.0 Å². The van der Waals surface area contributed by atoms with Gasteiger partial charge in [0.2, 0.25) is 0 Å².